The Balaban J connectivity index is 2.03. The van der Waals surface area contributed by atoms with E-state index in [0.29, 0.717) is 11.4 Å². The lowest BCUT2D eigenvalue weighted by Gasteiger charge is -2.32. The number of hydrogen-bond acceptors (Lipinski definition) is 6. The highest BCUT2D eigenvalue weighted by atomic mass is 79.9. The molecule has 0 radical (unpaired) electrons. The van der Waals surface area contributed by atoms with Crippen molar-refractivity contribution in [3.8, 4) is 11.5 Å². The van der Waals surface area contributed by atoms with Gasteiger partial charge in [-0.25, -0.2) is 8.42 Å². The van der Waals surface area contributed by atoms with Crippen LogP contribution >= 0.6 is 15.9 Å². The van der Waals surface area contributed by atoms with E-state index in [4.69, 9.17) is 9.47 Å². The first-order chi connectivity index (χ1) is 19.5. The summed E-state index contributed by atoms with van der Waals surface area (Å²) in [6.07, 6.45) is 0.727. The molecule has 0 fully saturated rings. The van der Waals surface area contributed by atoms with Crippen LogP contribution in [0.2, 0.25) is 0 Å². The molecule has 0 heterocycles. The summed E-state index contributed by atoms with van der Waals surface area (Å²) < 4.78 is 40.5. The lowest BCUT2D eigenvalue weighted by molar-refractivity contribution is -0.139. The van der Waals surface area contributed by atoms with E-state index in [0.717, 1.165) is 20.8 Å². The molecule has 220 valence electrons. The minimum atomic E-state index is -4.24. The number of sulfonamides is 1. The van der Waals surface area contributed by atoms with E-state index < -0.39 is 28.5 Å². The van der Waals surface area contributed by atoms with Gasteiger partial charge in [-0.3, -0.25) is 13.9 Å². The van der Waals surface area contributed by atoms with Crippen molar-refractivity contribution >= 4 is 43.5 Å². The SMILES string of the molecule is CC[C@@H](C)NC(=O)[C@H](C)N(Cc1ccc(Br)cc1)C(=O)CN(c1ccccc1)S(=O)(=O)c1ccc(OC)c(OC)c1. The monoisotopic (exact) mass is 645 g/mol. The average molecular weight is 647 g/mol. The number of rotatable bonds is 13. The number of nitrogens with zero attached hydrogens (tertiary/aromatic N) is 2. The molecule has 3 aromatic rings. The van der Waals surface area contributed by atoms with Crippen molar-refractivity contribution in [2.45, 2.75) is 50.7 Å². The van der Waals surface area contributed by atoms with Gasteiger partial charge in [0.25, 0.3) is 10.0 Å². The summed E-state index contributed by atoms with van der Waals surface area (Å²) in [5.41, 5.74) is 1.09. The lowest BCUT2D eigenvalue weighted by atomic mass is 10.1. The number of methoxy groups -OCH3 is 2. The summed E-state index contributed by atoms with van der Waals surface area (Å²) in [6.45, 7) is 5.07. The number of ether oxygens (including phenoxy) is 2. The van der Waals surface area contributed by atoms with E-state index in [2.05, 4.69) is 21.2 Å². The van der Waals surface area contributed by atoms with Crippen LogP contribution in [-0.2, 0) is 26.2 Å². The van der Waals surface area contributed by atoms with E-state index in [1.54, 1.807) is 37.3 Å². The number of nitrogens with one attached hydrogen (secondary N) is 1. The summed E-state index contributed by atoms with van der Waals surface area (Å²) in [5.74, 6) is -0.248. The molecule has 0 spiro atoms. The van der Waals surface area contributed by atoms with Crippen LogP contribution in [0.1, 0.15) is 32.8 Å². The molecule has 0 aliphatic carbocycles. The van der Waals surface area contributed by atoms with Crippen LogP contribution in [-0.4, -0.2) is 58.0 Å². The number of para-hydroxylation sites is 1. The van der Waals surface area contributed by atoms with Gasteiger partial charge in [0.1, 0.15) is 12.6 Å². The highest BCUT2D eigenvalue weighted by Crippen LogP contribution is 2.32. The number of anilines is 1. The third-order valence-corrected chi connectivity index (χ3v) is 9.00. The molecule has 9 nitrogen and oxygen atoms in total. The van der Waals surface area contributed by atoms with Crippen molar-refractivity contribution in [3.63, 3.8) is 0 Å². The van der Waals surface area contributed by atoms with Crippen molar-refractivity contribution in [3.05, 3.63) is 82.8 Å². The molecule has 0 bridgehead atoms. The van der Waals surface area contributed by atoms with Gasteiger partial charge in [0.15, 0.2) is 11.5 Å². The van der Waals surface area contributed by atoms with Crippen molar-refractivity contribution in [1.29, 1.82) is 0 Å². The number of hydrogen-bond donors (Lipinski definition) is 1. The fraction of sp³-hybridized carbons (Fsp3) is 0.333. The lowest BCUT2D eigenvalue weighted by Crippen LogP contribution is -2.52. The van der Waals surface area contributed by atoms with Gasteiger partial charge in [-0.1, -0.05) is 53.2 Å². The van der Waals surface area contributed by atoms with Crippen molar-refractivity contribution in [2.75, 3.05) is 25.1 Å². The van der Waals surface area contributed by atoms with E-state index in [9.17, 15) is 18.0 Å². The maximum atomic E-state index is 14.0. The van der Waals surface area contributed by atoms with Gasteiger partial charge in [-0.05, 0) is 62.2 Å². The summed E-state index contributed by atoms with van der Waals surface area (Å²) in [5, 5.41) is 2.93. The molecule has 1 N–H and O–H groups in total. The number of carbonyl (C=O) groups is 2. The number of carbonyl (C=O) groups excluding carboxylic acids is 2. The van der Waals surface area contributed by atoms with Crippen molar-refractivity contribution in [1.82, 2.24) is 10.2 Å². The second-order valence-corrected chi connectivity index (χ2v) is 12.3. The summed E-state index contributed by atoms with van der Waals surface area (Å²) in [4.78, 5) is 28.5. The summed E-state index contributed by atoms with van der Waals surface area (Å²) in [7, 11) is -1.37. The molecule has 0 saturated heterocycles. The van der Waals surface area contributed by atoms with Crippen LogP contribution in [0.3, 0.4) is 0 Å². The van der Waals surface area contributed by atoms with Gasteiger partial charge < -0.3 is 19.7 Å². The maximum absolute atomic E-state index is 14.0. The number of amides is 2. The third kappa shape index (κ3) is 8.01. The van der Waals surface area contributed by atoms with E-state index >= 15 is 0 Å². The topological polar surface area (TPSA) is 105 Å². The molecule has 41 heavy (non-hydrogen) atoms. The molecule has 2 atom stereocenters. The second-order valence-electron chi connectivity index (χ2n) is 9.51. The Morgan fingerprint density at radius 1 is 0.927 bits per heavy atom. The first-order valence-electron chi connectivity index (χ1n) is 13.2. The predicted molar refractivity (Wildman–Crippen MR) is 163 cm³/mol. The fourth-order valence-electron chi connectivity index (χ4n) is 4.06. The minimum Gasteiger partial charge on any atom is -0.493 e. The molecule has 0 saturated carbocycles. The Hall–Kier alpha value is -3.57. The zero-order valence-corrected chi connectivity index (χ0v) is 26.2. The number of benzene rings is 3. The molecule has 0 aliphatic rings. The van der Waals surface area contributed by atoms with Gasteiger partial charge in [-0.15, -0.1) is 0 Å². The first-order valence-corrected chi connectivity index (χ1v) is 15.4. The maximum Gasteiger partial charge on any atom is 0.264 e. The first kappa shape index (κ1) is 32.0. The third-order valence-electron chi connectivity index (χ3n) is 6.70. The minimum absolute atomic E-state index is 0.0752. The molecule has 3 rings (SSSR count). The number of halogens is 1. The molecule has 11 heteroatoms. The molecule has 0 unspecified atom stereocenters. The highest BCUT2D eigenvalue weighted by molar-refractivity contribution is 9.10. The smallest absolute Gasteiger partial charge is 0.264 e. The predicted octanol–water partition coefficient (Wildman–Crippen LogP) is 4.99. The Morgan fingerprint density at radius 2 is 1.56 bits per heavy atom. The molecular formula is C30H36BrN3O6S. The summed E-state index contributed by atoms with van der Waals surface area (Å²) >= 11 is 3.41. The van der Waals surface area contributed by atoms with Crippen LogP contribution < -0.4 is 19.1 Å². The zero-order valence-electron chi connectivity index (χ0n) is 23.8. The summed E-state index contributed by atoms with van der Waals surface area (Å²) in [6, 6.07) is 19.1. The molecular weight excluding hydrogens is 610 g/mol. The standard InChI is InChI=1S/C30H36BrN3O6S/c1-6-21(2)32-30(36)22(3)33(19-23-12-14-24(31)15-13-23)29(35)20-34(25-10-8-7-9-11-25)41(37,38)26-16-17-27(39-4)28(18-26)40-5/h7-18,21-22H,6,19-20H2,1-5H3,(H,32,36)/t21-,22+/m1/s1. The normalized spacial score (nSPS) is 12.6. The van der Waals surface area contributed by atoms with Gasteiger partial charge in [-0.2, -0.15) is 0 Å². The van der Waals surface area contributed by atoms with Crippen LogP contribution in [0, 0.1) is 0 Å². The van der Waals surface area contributed by atoms with Gasteiger partial charge in [0.2, 0.25) is 11.8 Å². The average Bonchev–Trinajstić information content (AvgIpc) is 2.98. The van der Waals surface area contributed by atoms with Crippen LogP contribution in [0.15, 0.2) is 82.2 Å². The Labute approximate surface area is 250 Å². The fourth-order valence-corrected chi connectivity index (χ4v) is 5.76. The molecule has 0 aromatic heterocycles. The Morgan fingerprint density at radius 3 is 2.15 bits per heavy atom. The molecule has 0 aliphatic heterocycles. The van der Waals surface area contributed by atoms with Gasteiger partial charge in [0.05, 0.1) is 24.8 Å². The Kier molecular flexibility index (Phi) is 11.2. The largest absolute Gasteiger partial charge is 0.493 e. The molecule has 3 aromatic carbocycles. The highest BCUT2D eigenvalue weighted by Gasteiger charge is 2.33. The van der Waals surface area contributed by atoms with Crippen LogP contribution in [0.5, 0.6) is 11.5 Å². The van der Waals surface area contributed by atoms with Crippen molar-refractivity contribution in [2.24, 2.45) is 0 Å². The second kappa shape index (κ2) is 14.4. The molecule has 2 amide bonds. The van der Waals surface area contributed by atoms with Gasteiger partial charge >= 0.3 is 0 Å². The van der Waals surface area contributed by atoms with Crippen molar-refractivity contribution < 1.29 is 27.5 Å². The van der Waals surface area contributed by atoms with E-state index in [-0.39, 0.29) is 29.1 Å². The van der Waals surface area contributed by atoms with Gasteiger partial charge in [0, 0.05) is 23.1 Å². The Bertz CT molecular complexity index is 1430. The quantitative estimate of drug-likeness (QED) is 0.281. The van der Waals surface area contributed by atoms with Crippen LogP contribution in [0.25, 0.3) is 0 Å². The van der Waals surface area contributed by atoms with E-state index in [1.165, 1.54) is 37.3 Å². The van der Waals surface area contributed by atoms with Crippen LogP contribution in [0.4, 0.5) is 5.69 Å². The van der Waals surface area contributed by atoms with E-state index in [1.807, 2.05) is 38.1 Å². The zero-order chi connectivity index (χ0) is 30.2.